The van der Waals surface area contributed by atoms with E-state index in [9.17, 15) is 9.90 Å². The summed E-state index contributed by atoms with van der Waals surface area (Å²) in [5.74, 6) is 0.596. The summed E-state index contributed by atoms with van der Waals surface area (Å²) in [5.41, 5.74) is 1.35. The lowest BCUT2D eigenvalue weighted by Gasteiger charge is -2.01. The first-order valence-corrected chi connectivity index (χ1v) is 4.67. The minimum Gasteiger partial charge on any atom is -0.507 e. The van der Waals surface area contributed by atoms with Crippen LogP contribution in [-0.4, -0.2) is 16.5 Å². The minimum absolute atomic E-state index is 0.111. The Labute approximate surface area is 91.8 Å². The van der Waals surface area contributed by atoms with Gasteiger partial charge in [-0.1, -0.05) is 17.3 Å². The zero-order valence-electron chi connectivity index (χ0n) is 8.33. The summed E-state index contributed by atoms with van der Waals surface area (Å²) in [5, 5.41) is 13.2. The molecule has 4 nitrogen and oxygen atoms in total. The molecule has 0 unspecified atom stereocenters. The number of aromatic nitrogens is 1. The van der Waals surface area contributed by atoms with Crippen LogP contribution in [0.5, 0.6) is 5.75 Å². The lowest BCUT2D eigenvalue weighted by atomic mass is 10.1. The van der Waals surface area contributed by atoms with Crippen LogP contribution < -0.4 is 0 Å². The molecule has 0 spiro atoms. The van der Waals surface area contributed by atoms with Gasteiger partial charge in [-0.25, -0.2) is 0 Å². The van der Waals surface area contributed by atoms with Crippen molar-refractivity contribution in [3.63, 3.8) is 0 Å². The van der Waals surface area contributed by atoms with Crippen molar-refractivity contribution in [1.29, 1.82) is 0 Å². The van der Waals surface area contributed by atoms with Crippen molar-refractivity contribution >= 4 is 12.4 Å². The molecule has 0 fully saturated rings. The van der Waals surface area contributed by atoms with Crippen molar-refractivity contribution in [3.05, 3.63) is 42.1 Å². The predicted molar refractivity (Wildman–Crippen MR) is 58.7 cm³/mol. The summed E-state index contributed by atoms with van der Waals surface area (Å²) >= 11 is 0. The topological polar surface area (TPSA) is 63.3 Å². The summed E-state index contributed by atoms with van der Waals surface area (Å²) in [6, 6.07) is 6.62. The second-order valence-corrected chi connectivity index (χ2v) is 3.15. The molecule has 0 amide bonds. The van der Waals surface area contributed by atoms with Crippen molar-refractivity contribution in [2.24, 2.45) is 0 Å². The number of aromatic hydroxyl groups is 1. The van der Waals surface area contributed by atoms with E-state index in [0.717, 1.165) is 5.56 Å². The van der Waals surface area contributed by atoms with Gasteiger partial charge in [-0.2, -0.15) is 0 Å². The standard InChI is InChI=1S/C12H9NO3/c14-7-1-2-9-3-4-11(15)10(8-9)12-5-6-13-16-12/h1-8,15H. The number of carbonyl (C=O) groups is 1. The number of rotatable bonds is 3. The summed E-state index contributed by atoms with van der Waals surface area (Å²) < 4.78 is 4.96. The number of phenolic OH excluding ortho intramolecular Hbond substituents is 1. The summed E-state index contributed by atoms with van der Waals surface area (Å²) in [6.45, 7) is 0. The maximum absolute atomic E-state index is 10.2. The van der Waals surface area contributed by atoms with Gasteiger partial charge >= 0.3 is 0 Å². The van der Waals surface area contributed by atoms with Gasteiger partial charge in [0.15, 0.2) is 5.76 Å². The number of benzene rings is 1. The van der Waals surface area contributed by atoms with Gasteiger partial charge in [0.25, 0.3) is 0 Å². The van der Waals surface area contributed by atoms with Crippen LogP contribution in [0, 0.1) is 0 Å². The van der Waals surface area contributed by atoms with Crippen molar-refractivity contribution < 1.29 is 14.4 Å². The third-order valence-corrected chi connectivity index (χ3v) is 2.09. The van der Waals surface area contributed by atoms with Gasteiger partial charge in [0.1, 0.15) is 12.0 Å². The van der Waals surface area contributed by atoms with Crippen molar-refractivity contribution in [1.82, 2.24) is 5.16 Å². The Balaban J connectivity index is 2.45. The highest BCUT2D eigenvalue weighted by Gasteiger charge is 2.07. The Kier molecular flexibility index (Phi) is 2.82. The van der Waals surface area contributed by atoms with Crippen LogP contribution in [-0.2, 0) is 4.79 Å². The van der Waals surface area contributed by atoms with E-state index in [2.05, 4.69) is 5.16 Å². The van der Waals surface area contributed by atoms with E-state index >= 15 is 0 Å². The van der Waals surface area contributed by atoms with E-state index in [4.69, 9.17) is 4.52 Å². The molecule has 0 bridgehead atoms. The molecule has 0 atom stereocenters. The second-order valence-electron chi connectivity index (χ2n) is 3.15. The highest BCUT2D eigenvalue weighted by Crippen LogP contribution is 2.29. The van der Waals surface area contributed by atoms with Crippen LogP contribution >= 0.6 is 0 Å². The average Bonchev–Trinajstić information content (AvgIpc) is 2.81. The fraction of sp³-hybridized carbons (Fsp3) is 0. The van der Waals surface area contributed by atoms with Crippen molar-refractivity contribution in [2.45, 2.75) is 0 Å². The number of hydrogen-bond donors (Lipinski definition) is 1. The van der Waals surface area contributed by atoms with E-state index in [1.807, 2.05) is 0 Å². The van der Waals surface area contributed by atoms with E-state index in [0.29, 0.717) is 17.6 Å². The quantitative estimate of drug-likeness (QED) is 0.630. The van der Waals surface area contributed by atoms with Gasteiger partial charge in [-0.05, 0) is 23.8 Å². The Morgan fingerprint density at radius 1 is 1.31 bits per heavy atom. The van der Waals surface area contributed by atoms with E-state index < -0.39 is 0 Å². The van der Waals surface area contributed by atoms with Crippen LogP contribution in [0.3, 0.4) is 0 Å². The van der Waals surface area contributed by atoms with E-state index in [1.165, 1.54) is 12.3 Å². The van der Waals surface area contributed by atoms with Crippen LogP contribution in [0.15, 0.2) is 41.1 Å². The highest BCUT2D eigenvalue weighted by molar-refractivity contribution is 5.76. The molecule has 0 aliphatic carbocycles. The molecule has 0 aliphatic heterocycles. The molecular weight excluding hydrogens is 206 g/mol. The first-order valence-electron chi connectivity index (χ1n) is 4.67. The Bertz CT molecular complexity index is 515. The molecule has 1 heterocycles. The van der Waals surface area contributed by atoms with Gasteiger partial charge in [-0.15, -0.1) is 0 Å². The fourth-order valence-corrected chi connectivity index (χ4v) is 1.36. The number of hydrogen-bond acceptors (Lipinski definition) is 4. The molecule has 2 rings (SSSR count). The smallest absolute Gasteiger partial charge is 0.170 e. The summed E-state index contributed by atoms with van der Waals surface area (Å²) in [4.78, 5) is 10.2. The minimum atomic E-state index is 0.111. The molecule has 1 aromatic heterocycles. The monoisotopic (exact) mass is 215 g/mol. The van der Waals surface area contributed by atoms with E-state index in [-0.39, 0.29) is 5.75 Å². The number of carbonyl (C=O) groups excluding carboxylic acids is 1. The van der Waals surface area contributed by atoms with Gasteiger partial charge < -0.3 is 9.63 Å². The predicted octanol–water partition coefficient (Wildman–Crippen LogP) is 2.26. The third-order valence-electron chi connectivity index (χ3n) is 2.09. The van der Waals surface area contributed by atoms with Gasteiger partial charge in [0.2, 0.25) is 0 Å². The third kappa shape index (κ3) is 2.00. The Morgan fingerprint density at radius 2 is 2.19 bits per heavy atom. The SMILES string of the molecule is O=CC=Cc1ccc(O)c(-c2ccno2)c1. The molecule has 0 aliphatic rings. The van der Waals surface area contributed by atoms with Crippen LogP contribution in [0.1, 0.15) is 5.56 Å². The molecule has 16 heavy (non-hydrogen) atoms. The average molecular weight is 215 g/mol. The van der Waals surface area contributed by atoms with Crippen LogP contribution in [0.25, 0.3) is 17.4 Å². The zero-order chi connectivity index (χ0) is 11.4. The highest BCUT2D eigenvalue weighted by atomic mass is 16.5. The Hall–Kier alpha value is -2.36. The molecule has 2 aromatic rings. The molecule has 0 radical (unpaired) electrons. The maximum Gasteiger partial charge on any atom is 0.170 e. The number of allylic oxidation sites excluding steroid dienone is 1. The van der Waals surface area contributed by atoms with Gasteiger partial charge in [0.05, 0.1) is 11.8 Å². The molecule has 1 aromatic carbocycles. The van der Waals surface area contributed by atoms with Crippen molar-refractivity contribution in [3.8, 4) is 17.1 Å². The van der Waals surface area contributed by atoms with E-state index in [1.54, 1.807) is 30.3 Å². The number of nitrogens with zero attached hydrogens (tertiary/aromatic N) is 1. The van der Waals surface area contributed by atoms with Gasteiger partial charge in [0, 0.05) is 6.07 Å². The van der Waals surface area contributed by atoms with Crippen molar-refractivity contribution in [2.75, 3.05) is 0 Å². The maximum atomic E-state index is 10.2. The fourth-order valence-electron chi connectivity index (χ4n) is 1.36. The lowest BCUT2D eigenvalue weighted by molar-refractivity contribution is -0.104. The van der Waals surface area contributed by atoms with Crippen LogP contribution in [0.4, 0.5) is 0 Å². The second kappa shape index (κ2) is 4.44. The normalized spacial score (nSPS) is 10.8. The molecule has 80 valence electrons. The number of phenols is 1. The Morgan fingerprint density at radius 3 is 2.88 bits per heavy atom. The molecular formula is C12H9NO3. The lowest BCUT2D eigenvalue weighted by Crippen LogP contribution is -1.79. The van der Waals surface area contributed by atoms with Crippen LogP contribution in [0.2, 0.25) is 0 Å². The number of aldehydes is 1. The molecule has 1 N–H and O–H groups in total. The largest absolute Gasteiger partial charge is 0.507 e. The summed E-state index contributed by atoms with van der Waals surface area (Å²) in [6.07, 6.45) is 5.23. The molecule has 0 saturated heterocycles. The molecule has 0 saturated carbocycles. The van der Waals surface area contributed by atoms with Gasteiger partial charge in [-0.3, -0.25) is 4.79 Å². The first-order chi connectivity index (χ1) is 7.81. The molecule has 4 heteroatoms. The zero-order valence-corrected chi connectivity index (χ0v) is 8.33. The first kappa shape index (κ1) is 10.2. The summed E-state index contributed by atoms with van der Waals surface area (Å²) in [7, 11) is 0.